The number of carboxylic acids is 1. The van der Waals surface area contributed by atoms with Crippen LogP contribution in [0.4, 0.5) is 0 Å². The Bertz CT molecular complexity index is 612. The molecule has 1 aromatic carbocycles. The molecule has 1 aliphatic carbocycles. The summed E-state index contributed by atoms with van der Waals surface area (Å²) in [6.45, 7) is 0. The van der Waals surface area contributed by atoms with Crippen LogP contribution in [0.2, 0.25) is 0 Å². The van der Waals surface area contributed by atoms with Gasteiger partial charge in [0, 0.05) is 11.6 Å². The van der Waals surface area contributed by atoms with Crippen molar-refractivity contribution in [3.63, 3.8) is 0 Å². The predicted molar refractivity (Wildman–Crippen MR) is 74.7 cm³/mol. The second-order valence-corrected chi connectivity index (χ2v) is 5.30. The zero-order valence-corrected chi connectivity index (χ0v) is 11.2. The maximum atomic E-state index is 10.9. The van der Waals surface area contributed by atoms with Crippen molar-refractivity contribution >= 4 is 5.97 Å². The van der Waals surface area contributed by atoms with Crippen LogP contribution in [-0.2, 0) is 0 Å². The Morgan fingerprint density at radius 1 is 1.20 bits per heavy atom. The summed E-state index contributed by atoms with van der Waals surface area (Å²) in [4.78, 5) is 10.9. The van der Waals surface area contributed by atoms with Crippen molar-refractivity contribution in [2.75, 3.05) is 0 Å². The monoisotopic (exact) mass is 271 g/mol. The number of hydrogen-bond acceptors (Lipinski definition) is 3. The van der Waals surface area contributed by atoms with Crippen molar-refractivity contribution in [3.8, 4) is 11.3 Å². The minimum Gasteiger partial charge on any atom is -0.475 e. The fourth-order valence-corrected chi connectivity index (χ4v) is 3.00. The second-order valence-electron chi connectivity index (χ2n) is 5.30. The molecule has 1 saturated carbocycles. The van der Waals surface area contributed by atoms with Crippen LogP contribution in [0.3, 0.4) is 0 Å². The highest BCUT2D eigenvalue weighted by atomic mass is 16.5. The number of hydrogen-bond donors (Lipinski definition) is 1. The highest BCUT2D eigenvalue weighted by molar-refractivity contribution is 5.85. The second kappa shape index (κ2) is 5.49. The molecule has 20 heavy (non-hydrogen) atoms. The summed E-state index contributed by atoms with van der Waals surface area (Å²) >= 11 is 0. The molecular formula is C16H17NO3. The van der Waals surface area contributed by atoms with Gasteiger partial charge in [0.15, 0.2) is 0 Å². The first-order valence-corrected chi connectivity index (χ1v) is 7.05. The summed E-state index contributed by atoms with van der Waals surface area (Å²) in [6, 6.07) is 9.61. The van der Waals surface area contributed by atoms with E-state index in [1.54, 1.807) is 0 Å². The first kappa shape index (κ1) is 12.9. The number of carboxylic acid groups (broad SMARTS) is 1. The van der Waals surface area contributed by atoms with Crippen molar-refractivity contribution in [1.82, 2.24) is 5.16 Å². The minimum absolute atomic E-state index is 0.113. The molecule has 1 fully saturated rings. The van der Waals surface area contributed by atoms with Crippen LogP contribution >= 0.6 is 0 Å². The van der Waals surface area contributed by atoms with Crippen LogP contribution in [0.15, 0.2) is 34.9 Å². The molecular weight excluding hydrogens is 254 g/mol. The average Bonchev–Trinajstić information content (AvgIpc) is 2.98. The van der Waals surface area contributed by atoms with Gasteiger partial charge in [0.1, 0.15) is 5.69 Å². The van der Waals surface area contributed by atoms with E-state index in [2.05, 4.69) is 11.2 Å². The summed E-state index contributed by atoms with van der Waals surface area (Å²) in [6.07, 6.45) is 6.23. The molecule has 4 nitrogen and oxygen atoms in total. The van der Waals surface area contributed by atoms with Gasteiger partial charge in [-0.2, -0.15) is 0 Å². The number of aromatic carboxylic acids is 1. The van der Waals surface area contributed by atoms with Gasteiger partial charge in [0.2, 0.25) is 5.76 Å². The number of rotatable bonds is 3. The van der Waals surface area contributed by atoms with Crippen molar-refractivity contribution in [3.05, 3.63) is 41.7 Å². The van der Waals surface area contributed by atoms with Crippen LogP contribution in [0.1, 0.15) is 54.1 Å². The van der Waals surface area contributed by atoms with E-state index in [1.807, 2.05) is 18.2 Å². The lowest BCUT2D eigenvalue weighted by Crippen LogP contribution is -2.05. The fraction of sp³-hybridized carbons (Fsp3) is 0.375. The first-order chi connectivity index (χ1) is 9.75. The highest BCUT2D eigenvalue weighted by Crippen LogP contribution is 2.37. The number of carbonyl (C=O) groups is 1. The molecule has 3 rings (SSSR count). The van der Waals surface area contributed by atoms with E-state index in [0.29, 0.717) is 11.6 Å². The van der Waals surface area contributed by atoms with Gasteiger partial charge in [0.25, 0.3) is 0 Å². The topological polar surface area (TPSA) is 63.3 Å². The molecule has 0 spiro atoms. The molecule has 0 unspecified atom stereocenters. The van der Waals surface area contributed by atoms with Gasteiger partial charge in [-0.15, -0.1) is 0 Å². The molecule has 0 aliphatic heterocycles. The molecule has 1 aliphatic rings. The van der Waals surface area contributed by atoms with E-state index in [9.17, 15) is 4.79 Å². The molecule has 0 amide bonds. The molecule has 0 saturated heterocycles. The van der Waals surface area contributed by atoms with Crippen LogP contribution in [-0.4, -0.2) is 16.2 Å². The average molecular weight is 271 g/mol. The summed E-state index contributed by atoms with van der Waals surface area (Å²) in [5.74, 6) is -0.651. The first-order valence-electron chi connectivity index (χ1n) is 7.05. The smallest absolute Gasteiger partial charge is 0.374 e. The van der Waals surface area contributed by atoms with Crippen LogP contribution in [0.5, 0.6) is 0 Å². The molecule has 1 heterocycles. The van der Waals surface area contributed by atoms with Gasteiger partial charge < -0.3 is 9.63 Å². The summed E-state index contributed by atoms with van der Waals surface area (Å²) < 4.78 is 4.87. The lowest BCUT2D eigenvalue weighted by molar-refractivity contribution is 0.0652. The summed E-state index contributed by atoms with van der Waals surface area (Å²) in [5, 5.41) is 12.8. The molecule has 104 valence electrons. The Morgan fingerprint density at radius 3 is 2.65 bits per heavy atom. The maximum Gasteiger partial charge on any atom is 0.374 e. The van der Waals surface area contributed by atoms with Crippen molar-refractivity contribution < 1.29 is 14.4 Å². The Kier molecular flexibility index (Phi) is 3.54. The number of benzene rings is 1. The van der Waals surface area contributed by atoms with Crippen LogP contribution in [0.25, 0.3) is 11.3 Å². The van der Waals surface area contributed by atoms with E-state index >= 15 is 0 Å². The molecule has 0 atom stereocenters. The molecule has 0 radical (unpaired) electrons. The van der Waals surface area contributed by atoms with Crippen LogP contribution < -0.4 is 0 Å². The minimum atomic E-state index is -1.08. The van der Waals surface area contributed by atoms with Gasteiger partial charge in [0.05, 0.1) is 0 Å². The van der Waals surface area contributed by atoms with E-state index in [1.165, 1.54) is 43.7 Å². The largest absolute Gasteiger partial charge is 0.475 e. The zero-order chi connectivity index (χ0) is 13.9. The third-order valence-corrected chi connectivity index (χ3v) is 4.00. The Hall–Kier alpha value is -2.10. The van der Waals surface area contributed by atoms with Crippen molar-refractivity contribution in [2.24, 2.45) is 0 Å². The third-order valence-electron chi connectivity index (χ3n) is 4.00. The SMILES string of the molecule is O=C(O)c1cc(-c2ccccc2C2CCCCC2)no1. The zero-order valence-electron chi connectivity index (χ0n) is 11.2. The predicted octanol–water partition coefficient (Wildman–Crippen LogP) is 4.09. The lowest BCUT2D eigenvalue weighted by atomic mass is 9.81. The molecule has 4 heteroatoms. The van der Waals surface area contributed by atoms with Crippen LogP contribution in [0, 0.1) is 0 Å². The Balaban J connectivity index is 1.97. The Morgan fingerprint density at radius 2 is 1.95 bits per heavy atom. The van der Waals surface area contributed by atoms with Gasteiger partial charge in [-0.1, -0.05) is 48.7 Å². The summed E-state index contributed by atoms with van der Waals surface area (Å²) in [5.41, 5.74) is 2.87. The van der Waals surface area contributed by atoms with E-state index in [4.69, 9.17) is 9.63 Å². The number of aromatic nitrogens is 1. The molecule has 0 bridgehead atoms. The standard InChI is InChI=1S/C16H17NO3/c18-16(19)15-10-14(17-20-15)13-9-5-4-8-12(13)11-6-2-1-3-7-11/h4-5,8-11H,1-3,6-7H2,(H,18,19). The van der Waals surface area contributed by atoms with Gasteiger partial charge in [-0.05, 0) is 24.3 Å². The third kappa shape index (κ3) is 2.46. The normalized spacial score (nSPS) is 16.2. The number of nitrogens with zero attached hydrogens (tertiary/aromatic N) is 1. The van der Waals surface area contributed by atoms with Crippen molar-refractivity contribution in [2.45, 2.75) is 38.0 Å². The summed E-state index contributed by atoms with van der Waals surface area (Å²) in [7, 11) is 0. The lowest BCUT2D eigenvalue weighted by Gasteiger charge is -2.23. The van der Waals surface area contributed by atoms with Gasteiger partial charge >= 0.3 is 5.97 Å². The van der Waals surface area contributed by atoms with E-state index < -0.39 is 5.97 Å². The van der Waals surface area contributed by atoms with E-state index in [0.717, 1.165) is 5.56 Å². The van der Waals surface area contributed by atoms with Crippen molar-refractivity contribution in [1.29, 1.82) is 0 Å². The van der Waals surface area contributed by atoms with Gasteiger partial charge in [-0.3, -0.25) is 0 Å². The highest BCUT2D eigenvalue weighted by Gasteiger charge is 2.21. The van der Waals surface area contributed by atoms with Gasteiger partial charge in [-0.25, -0.2) is 4.79 Å². The quantitative estimate of drug-likeness (QED) is 0.913. The van der Waals surface area contributed by atoms with E-state index in [-0.39, 0.29) is 5.76 Å². The maximum absolute atomic E-state index is 10.9. The Labute approximate surface area is 117 Å². The fourth-order valence-electron chi connectivity index (χ4n) is 3.00. The molecule has 2 aromatic rings. The molecule has 1 N–H and O–H groups in total. The molecule has 1 aromatic heterocycles.